The number of hydrogen-bond donors (Lipinski definition) is 1. The molecule has 2 unspecified atom stereocenters. The Balaban J connectivity index is 1.86. The molecule has 0 radical (unpaired) electrons. The van der Waals surface area contributed by atoms with Gasteiger partial charge in [-0.2, -0.15) is 0 Å². The fourth-order valence-electron chi connectivity index (χ4n) is 3.09. The molecule has 2 aromatic rings. The van der Waals surface area contributed by atoms with Crippen LogP contribution in [0, 0.1) is 0 Å². The highest BCUT2D eigenvalue weighted by Gasteiger charge is 2.32. The highest BCUT2D eigenvalue weighted by atomic mass is 31.2. The number of carbonyl (C=O) groups excluding carboxylic acids is 1. The molecule has 7 heteroatoms. The molecule has 0 aromatic heterocycles. The summed E-state index contributed by atoms with van der Waals surface area (Å²) in [7, 11) is 2.49. The molecule has 0 amide bonds. The van der Waals surface area contributed by atoms with Crippen LogP contribution in [0.15, 0.2) is 42.5 Å². The van der Waals surface area contributed by atoms with Crippen LogP contribution in [0.1, 0.15) is 27.6 Å². The van der Waals surface area contributed by atoms with Crippen molar-refractivity contribution in [3.05, 3.63) is 59.2 Å². The van der Waals surface area contributed by atoms with Crippen molar-refractivity contribution in [1.29, 1.82) is 0 Å². The molecule has 1 aliphatic rings. The summed E-state index contributed by atoms with van der Waals surface area (Å²) >= 11 is 0. The van der Waals surface area contributed by atoms with Crippen LogP contribution in [0.25, 0.3) is 0 Å². The van der Waals surface area contributed by atoms with E-state index < -0.39 is 13.5 Å². The van der Waals surface area contributed by atoms with Gasteiger partial charge < -0.3 is 19.4 Å². The van der Waals surface area contributed by atoms with Gasteiger partial charge in [0.25, 0.3) is 0 Å². The van der Waals surface area contributed by atoms with Crippen molar-refractivity contribution in [2.75, 3.05) is 43.9 Å². The molecule has 0 bridgehead atoms. The largest absolute Gasteiger partial charge is 0.449 e. The maximum absolute atomic E-state index is 12.2. The molecule has 1 aliphatic heterocycles. The number of carbonyl (C=O) groups is 1. The van der Waals surface area contributed by atoms with Gasteiger partial charge in [-0.15, -0.1) is 0 Å². The molecule has 0 spiro atoms. The van der Waals surface area contributed by atoms with Crippen molar-refractivity contribution in [2.45, 2.75) is 6.10 Å². The monoisotopic (exact) mass is 374 g/mol. The Morgan fingerprint density at radius 1 is 1.08 bits per heavy atom. The number of benzene rings is 2. The topological polar surface area (TPSA) is 70.1 Å². The van der Waals surface area contributed by atoms with Gasteiger partial charge in [0.15, 0.2) is 6.10 Å². The summed E-state index contributed by atoms with van der Waals surface area (Å²) in [5.74, 6) is -0.318. The van der Waals surface area contributed by atoms with Crippen LogP contribution in [-0.2, 0) is 9.30 Å². The Hall–Kier alpha value is -2.30. The minimum Gasteiger partial charge on any atom is -0.449 e. The Labute approximate surface area is 153 Å². The summed E-state index contributed by atoms with van der Waals surface area (Å²) in [5.41, 5.74) is 4.10. The predicted octanol–water partition coefficient (Wildman–Crippen LogP) is 3.31. The molecular weight excluding hydrogens is 351 g/mol. The van der Waals surface area contributed by atoms with Crippen molar-refractivity contribution in [1.82, 2.24) is 0 Å². The van der Waals surface area contributed by atoms with E-state index in [0.29, 0.717) is 5.56 Å². The summed E-state index contributed by atoms with van der Waals surface area (Å²) < 4.78 is 17.2. The lowest BCUT2D eigenvalue weighted by Gasteiger charge is -2.21. The number of esters is 1. The third-order valence-electron chi connectivity index (χ3n) is 4.39. The lowest BCUT2D eigenvalue weighted by atomic mass is 9.98. The zero-order chi connectivity index (χ0) is 19.1. The smallest absolute Gasteiger partial charge is 0.339 e. The SMILES string of the molecule is CN(C)c1ccc2c(c1)C(=O)OC2c1ccc(N(C)CP(C)(=O)O)cc1. The summed E-state index contributed by atoms with van der Waals surface area (Å²) in [6, 6.07) is 13.2. The number of hydrogen-bond acceptors (Lipinski definition) is 5. The van der Waals surface area contributed by atoms with Crippen LogP contribution in [0.2, 0.25) is 0 Å². The van der Waals surface area contributed by atoms with Crippen LogP contribution >= 0.6 is 7.37 Å². The standard InChI is InChI=1S/C19H23N2O4P/c1-20(2)15-9-10-16-17(11-15)19(22)25-18(16)13-5-7-14(8-6-13)21(3)12-26(4,23)24/h5-11,18H,12H2,1-4H3,(H,23,24). The van der Waals surface area contributed by atoms with Gasteiger partial charge in [-0.25, -0.2) is 4.79 Å². The first kappa shape index (κ1) is 18.5. The first-order valence-corrected chi connectivity index (χ1v) is 10.6. The van der Waals surface area contributed by atoms with Gasteiger partial charge in [0, 0.05) is 44.7 Å². The van der Waals surface area contributed by atoms with E-state index in [1.807, 2.05) is 61.5 Å². The zero-order valence-corrected chi connectivity index (χ0v) is 16.2. The van der Waals surface area contributed by atoms with E-state index in [1.54, 1.807) is 11.9 Å². The average Bonchev–Trinajstić information content (AvgIpc) is 2.90. The second-order valence-corrected chi connectivity index (χ2v) is 9.32. The zero-order valence-electron chi connectivity index (χ0n) is 15.3. The van der Waals surface area contributed by atoms with Crippen LogP contribution in [0.4, 0.5) is 11.4 Å². The van der Waals surface area contributed by atoms with Gasteiger partial charge in [0.05, 0.1) is 11.8 Å². The first-order chi connectivity index (χ1) is 12.2. The Bertz CT molecular complexity index is 874. The van der Waals surface area contributed by atoms with E-state index >= 15 is 0 Å². The maximum Gasteiger partial charge on any atom is 0.339 e. The van der Waals surface area contributed by atoms with Crippen molar-refractivity contribution in [3.63, 3.8) is 0 Å². The van der Waals surface area contributed by atoms with E-state index in [1.165, 1.54) is 6.66 Å². The van der Waals surface area contributed by atoms with Gasteiger partial charge in [-0.1, -0.05) is 18.2 Å². The fraction of sp³-hybridized carbons (Fsp3) is 0.316. The molecular formula is C19H23N2O4P. The first-order valence-electron chi connectivity index (χ1n) is 8.28. The van der Waals surface area contributed by atoms with Gasteiger partial charge in [0.2, 0.25) is 7.37 Å². The minimum absolute atomic E-state index is 0.0842. The molecule has 0 aliphatic carbocycles. The van der Waals surface area contributed by atoms with Crippen molar-refractivity contribution < 1.29 is 19.0 Å². The highest BCUT2D eigenvalue weighted by molar-refractivity contribution is 7.57. The normalized spacial score (nSPS) is 18.0. The molecule has 0 saturated heterocycles. The fourth-order valence-corrected chi connectivity index (χ4v) is 4.04. The van der Waals surface area contributed by atoms with Gasteiger partial charge in [-0.3, -0.25) is 4.57 Å². The minimum atomic E-state index is -3.13. The maximum atomic E-state index is 12.2. The van der Waals surface area contributed by atoms with Crippen LogP contribution in [0.3, 0.4) is 0 Å². The molecule has 2 atom stereocenters. The number of cyclic esters (lactones) is 1. The molecule has 0 fully saturated rings. The molecule has 2 aromatic carbocycles. The average molecular weight is 374 g/mol. The number of rotatable bonds is 5. The quantitative estimate of drug-likeness (QED) is 0.640. The Kier molecular flexibility index (Phi) is 4.82. The van der Waals surface area contributed by atoms with Crippen LogP contribution in [0.5, 0.6) is 0 Å². The molecule has 1 N–H and O–H groups in total. The molecule has 26 heavy (non-hydrogen) atoms. The van der Waals surface area contributed by atoms with E-state index in [-0.39, 0.29) is 12.3 Å². The van der Waals surface area contributed by atoms with Crippen LogP contribution in [-0.4, -0.2) is 45.0 Å². The lowest BCUT2D eigenvalue weighted by molar-refractivity contribution is 0.0456. The van der Waals surface area contributed by atoms with E-state index in [4.69, 9.17) is 4.74 Å². The second-order valence-electron chi connectivity index (χ2n) is 6.93. The number of anilines is 2. The second kappa shape index (κ2) is 6.78. The highest BCUT2D eigenvalue weighted by Crippen LogP contribution is 2.39. The van der Waals surface area contributed by atoms with Crippen molar-refractivity contribution in [2.24, 2.45) is 0 Å². The van der Waals surface area contributed by atoms with Crippen LogP contribution < -0.4 is 9.80 Å². The Morgan fingerprint density at radius 3 is 2.27 bits per heavy atom. The van der Waals surface area contributed by atoms with Gasteiger partial charge in [-0.05, 0) is 29.8 Å². The molecule has 138 valence electrons. The third-order valence-corrected chi connectivity index (χ3v) is 5.34. The lowest BCUT2D eigenvalue weighted by Crippen LogP contribution is -2.18. The predicted molar refractivity (Wildman–Crippen MR) is 103 cm³/mol. The molecule has 6 nitrogen and oxygen atoms in total. The number of nitrogens with zero attached hydrogens (tertiary/aromatic N) is 2. The van der Waals surface area contributed by atoms with Crippen molar-refractivity contribution in [3.8, 4) is 0 Å². The summed E-state index contributed by atoms with van der Waals surface area (Å²) in [6.07, 6.45) is -0.343. The van der Waals surface area contributed by atoms with Gasteiger partial charge >= 0.3 is 5.97 Å². The third kappa shape index (κ3) is 3.76. The summed E-state index contributed by atoms with van der Waals surface area (Å²) in [6.45, 7) is 1.34. The van der Waals surface area contributed by atoms with E-state index in [0.717, 1.165) is 22.5 Å². The van der Waals surface area contributed by atoms with E-state index in [2.05, 4.69) is 0 Å². The van der Waals surface area contributed by atoms with Gasteiger partial charge in [0.1, 0.15) is 0 Å². The number of fused-ring (bicyclic) bond motifs is 1. The summed E-state index contributed by atoms with van der Waals surface area (Å²) in [4.78, 5) is 25.5. The molecule has 1 heterocycles. The van der Waals surface area contributed by atoms with E-state index in [9.17, 15) is 14.3 Å². The Morgan fingerprint density at radius 2 is 1.69 bits per heavy atom. The summed E-state index contributed by atoms with van der Waals surface area (Å²) in [5, 5.41) is 0. The number of ether oxygens (including phenoxy) is 1. The molecule has 3 rings (SSSR count). The van der Waals surface area contributed by atoms with Crippen molar-refractivity contribution >= 4 is 24.7 Å². The molecule has 0 saturated carbocycles.